The summed E-state index contributed by atoms with van der Waals surface area (Å²) in [5, 5.41) is 2.72. The standard InChI is InChI=1S/C17H18IN/c1-4-12-5-7-14-15-8-6-13(11(2)3)10-17(15)19(18)16(14)9-12/h5-11H,4H2,1-3H3. The van der Waals surface area contributed by atoms with E-state index in [1.165, 1.54) is 32.9 Å². The van der Waals surface area contributed by atoms with Crippen molar-refractivity contribution < 1.29 is 0 Å². The fourth-order valence-electron chi connectivity index (χ4n) is 2.62. The van der Waals surface area contributed by atoms with E-state index < -0.39 is 0 Å². The first-order chi connectivity index (χ1) is 9.11. The Kier molecular flexibility index (Phi) is 3.29. The molecule has 19 heavy (non-hydrogen) atoms. The zero-order valence-corrected chi connectivity index (χ0v) is 13.7. The van der Waals surface area contributed by atoms with Gasteiger partial charge in [0.05, 0.1) is 33.9 Å². The first kappa shape index (κ1) is 13.0. The van der Waals surface area contributed by atoms with E-state index >= 15 is 0 Å². The van der Waals surface area contributed by atoms with E-state index in [1.54, 1.807) is 0 Å². The first-order valence-corrected chi connectivity index (χ1v) is 7.81. The molecule has 98 valence electrons. The molecule has 1 heterocycles. The van der Waals surface area contributed by atoms with Gasteiger partial charge in [0.25, 0.3) is 0 Å². The highest BCUT2D eigenvalue weighted by Crippen LogP contribution is 2.33. The largest absolute Gasteiger partial charge is 0.282 e. The van der Waals surface area contributed by atoms with Gasteiger partial charge in [0, 0.05) is 10.8 Å². The van der Waals surface area contributed by atoms with Crippen LogP contribution in [-0.4, -0.2) is 2.78 Å². The van der Waals surface area contributed by atoms with Crippen molar-refractivity contribution in [2.75, 3.05) is 0 Å². The van der Waals surface area contributed by atoms with Gasteiger partial charge < -0.3 is 0 Å². The molecule has 0 radical (unpaired) electrons. The van der Waals surface area contributed by atoms with Crippen LogP contribution in [0.5, 0.6) is 0 Å². The maximum Gasteiger partial charge on any atom is 0.0646 e. The average molecular weight is 363 g/mol. The number of halogens is 1. The number of nitrogens with zero attached hydrogens (tertiary/aromatic N) is 1. The molecule has 1 aromatic heterocycles. The molecule has 0 aliphatic heterocycles. The van der Waals surface area contributed by atoms with Crippen LogP contribution in [0.2, 0.25) is 0 Å². The van der Waals surface area contributed by atoms with Crippen LogP contribution in [0.25, 0.3) is 21.8 Å². The van der Waals surface area contributed by atoms with Crippen molar-refractivity contribution in [3.05, 3.63) is 47.5 Å². The second kappa shape index (κ2) is 4.82. The predicted molar refractivity (Wildman–Crippen MR) is 92.3 cm³/mol. The molecule has 0 spiro atoms. The molecule has 0 atom stereocenters. The van der Waals surface area contributed by atoms with E-state index in [2.05, 4.69) is 82.8 Å². The molecule has 3 rings (SSSR count). The summed E-state index contributed by atoms with van der Waals surface area (Å²) < 4.78 is 2.30. The molecule has 0 saturated carbocycles. The molecule has 0 aliphatic rings. The number of aromatic nitrogens is 1. The van der Waals surface area contributed by atoms with Crippen molar-refractivity contribution in [1.82, 2.24) is 2.78 Å². The van der Waals surface area contributed by atoms with Crippen LogP contribution in [0.15, 0.2) is 36.4 Å². The average Bonchev–Trinajstić information content (AvgIpc) is 2.71. The molecule has 0 amide bonds. The summed E-state index contributed by atoms with van der Waals surface area (Å²) in [4.78, 5) is 0. The van der Waals surface area contributed by atoms with Crippen molar-refractivity contribution >= 4 is 44.7 Å². The Morgan fingerprint density at radius 2 is 1.63 bits per heavy atom. The molecule has 1 nitrogen and oxygen atoms in total. The van der Waals surface area contributed by atoms with E-state index in [0.29, 0.717) is 5.92 Å². The molecule has 2 heteroatoms. The molecule has 0 bridgehead atoms. The summed E-state index contributed by atoms with van der Waals surface area (Å²) in [7, 11) is 0. The summed E-state index contributed by atoms with van der Waals surface area (Å²) in [6.07, 6.45) is 1.09. The molecule has 0 fully saturated rings. The maximum absolute atomic E-state index is 2.42. The summed E-state index contributed by atoms with van der Waals surface area (Å²) in [5.74, 6) is 0.574. The van der Waals surface area contributed by atoms with Crippen LogP contribution in [0, 0.1) is 0 Å². The Morgan fingerprint density at radius 1 is 1.00 bits per heavy atom. The van der Waals surface area contributed by atoms with E-state index in [0.717, 1.165) is 6.42 Å². The lowest BCUT2D eigenvalue weighted by Crippen LogP contribution is -1.87. The Hall–Kier alpha value is -1.03. The SMILES string of the molecule is CCc1ccc2c3ccc(C(C)C)cc3n(I)c2c1. The zero-order valence-electron chi connectivity index (χ0n) is 11.6. The van der Waals surface area contributed by atoms with Crippen LogP contribution in [-0.2, 0) is 6.42 Å². The van der Waals surface area contributed by atoms with Gasteiger partial charge in [-0.2, -0.15) is 0 Å². The summed E-state index contributed by atoms with van der Waals surface area (Å²) in [6.45, 7) is 6.70. The fourth-order valence-corrected chi connectivity index (χ4v) is 3.41. The summed E-state index contributed by atoms with van der Waals surface area (Å²) in [5.41, 5.74) is 5.46. The van der Waals surface area contributed by atoms with Crippen molar-refractivity contribution in [3.8, 4) is 0 Å². The predicted octanol–water partition coefficient (Wildman–Crippen LogP) is 5.68. The highest BCUT2D eigenvalue weighted by molar-refractivity contribution is 14.1. The molecule has 2 aromatic carbocycles. The van der Waals surface area contributed by atoms with Crippen molar-refractivity contribution in [1.29, 1.82) is 0 Å². The molecule has 0 saturated heterocycles. The quantitative estimate of drug-likeness (QED) is 0.517. The Balaban J connectivity index is 2.37. The number of rotatable bonds is 2. The number of benzene rings is 2. The van der Waals surface area contributed by atoms with Gasteiger partial charge in [-0.3, -0.25) is 2.78 Å². The minimum Gasteiger partial charge on any atom is -0.282 e. The second-order valence-corrected chi connectivity index (χ2v) is 6.38. The number of fused-ring (bicyclic) bond motifs is 3. The molecule has 0 unspecified atom stereocenters. The molecule has 0 aliphatic carbocycles. The van der Waals surface area contributed by atoms with Crippen LogP contribution < -0.4 is 0 Å². The van der Waals surface area contributed by atoms with E-state index in [4.69, 9.17) is 0 Å². The lowest BCUT2D eigenvalue weighted by atomic mass is 10.0. The topological polar surface area (TPSA) is 4.93 Å². The lowest BCUT2D eigenvalue weighted by molar-refractivity contribution is 0.868. The van der Waals surface area contributed by atoms with Crippen LogP contribution >= 0.6 is 22.9 Å². The van der Waals surface area contributed by atoms with Crippen LogP contribution in [0.4, 0.5) is 0 Å². The number of hydrogen-bond acceptors (Lipinski definition) is 0. The van der Waals surface area contributed by atoms with Gasteiger partial charge in [-0.1, -0.05) is 45.0 Å². The molecular weight excluding hydrogens is 345 g/mol. The van der Waals surface area contributed by atoms with Gasteiger partial charge in [0.15, 0.2) is 0 Å². The van der Waals surface area contributed by atoms with E-state index in [-0.39, 0.29) is 0 Å². The smallest absolute Gasteiger partial charge is 0.0646 e. The third kappa shape index (κ3) is 2.06. The van der Waals surface area contributed by atoms with Gasteiger partial charge in [0.1, 0.15) is 0 Å². The third-order valence-corrected chi connectivity index (χ3v) is 4.91. The van der Waals surface area contributed by atoms with Gasteiger partial charge in [-0.05, 0) is 35.6 Å². The Bertz CT molecular complexity index is 753. The van der Waals surface area contributed by atoms with Crippen molar-refractivity contribution in [2.24, 2.45) is 0 Å². The molecular formula is C17H18IN. The van der Waals surface area contributed by atoms with Gasteiger partial charge >= 0.3 is 0 Å². The Labute approximate surface area is 128 Å². The Morgan fingerprint density at radius 3 is 2.26 bits per heavy atom. The third-order valence-electron chi connectivity index (χ3n) is 3.87. The monoisotopic (exact) mass is 363 g/mol. The number of aryl methyl sites for hydroxylation is 1. The second-order valence-electron chi connectivity index (χ2n) is 5.42. The lowest BCUT2D eigenvalue weighted by Gasteiger charge is -2.05. The highest BCUT2D eigenvalue weighted by atomic mass is 127. The molecule has 3 aromatic rings. The van der Waals surface area contributed by atoms with Gasteiger partial charge in [-0.25, -0.2) is 0 Å². The number of hydrogen-bond donors (Lipinski definition) is 0. The van der Waals surface area contributed by atoms with Gasteiger partial charge in [-0.15, -0.1) is 0 Å². The van der Waals surface area contributed by atoms with Crippen LogP contribution in [0.3, 0.4) is 0 Å². The van der Waals surface area contributed by atoms with Gasteiger partial charge in [0.2, 0.25) is 0 Å². The minimum atomic E-state index is 0.574. The fraction of sp³-hybridized carbons (Fsp3) is 0.294. The van der Waals surface area contributed by atoms with E-state index in [9.17, 15) is 0 Å². The van der Waals surface area contributed by atoms with Crippen molar-refractivity contribution in [3.63, 3.8) is 0 Å². The first-order valence-electron chi connectivity index (χ1n) is 6.85. The summed E-state index contributed by atoms with van der Waals surface area (Å²) in [6, 6.07) is 13.7. The molecule has 0 N–H and O–H groups in total. The maximum atomic E-state index is 2.42. The van der Waals surface area contributed by atoms with Crippen molar-refractivity contribution in [2.45, 2.75) is 33.1 Å². The zero-order chi connectivity index (χ0) is 13.6. The van der Waals surface area contributed by atoms with Crippen LogP contribution in [0.1, 0.15) is 37.8 Å². The summed E-state index contributed by atoms with van der Waals surface area (Å²) >= 11 is 2.42. The minimum absolute atomic E-state index is 0.574. The normalized spacial score (nSPS) is 11.8. The highest BCUT2D eigenvalue weighted by Gasteiger charge is 2.11. The van der Waals surface area contributed by atoms with E-state index in [1.807, 2.05) is 0 Å².